The molecule has 172 valence electrons. The van der Waals surface area contributed by atoms with Crippen LogP contribution in [0.5, 0.6) is 5.88 Å². The maximum Gasteiger partial charge on any atom is 0.434 e. The van der Waals surface area contributed by atoms with Crippen molar-refractivity contribution in [2.24, 2.45) is 5.92 Å². The van der Waals surface area contributed by atoms with Crippen LogP contribution in [0.25, 0.3) is 10.8 Å². The summed E-state index contributed by atoms with van der Waals surface area (Å²) >= 11 is 0. The van der Waals surface area contributed by atoms with Crippen LogP contribution < -0.4 is 4.74 Å². The highest BCUT2D eigenvalue weighted by Crippen LogP contribution is 2.45. The Bertz CT molecular complexity index is 1180. The molecule has 6 nitrogen and oxygen atoms in total. The molecule has 2 aliphatic rings. The minimum atomic E-state index is -4.51. The summed E-state index contributed by atoms with van der Waals surface area (Å²) in [5.74, 6) is 0.353. The molecule has 9 heteroatoms. The van der Waals surface area contributed by atoms with Gasteiger partial charge in [0.25, 0.3) is 5.91 Å². The molecule has 0 N–H and O–H groups in total. The van der Waals surface area contributed by atoms with Crippen molar-refractivity contribution in [3.05, 3.63) is 59.8 Å². The maximum absolute atomic E-state index is 13.8. The van der Waals surface area contributed by atoms with Gasteiger partial charge in [0.05, 0.1) is 18.5 Å². The summed E-state index contributed by atoms with van der Waals surface area (Å²) in [6, 6.07) is 7.70. The first-order valence-electron chi connectivity index (χ1n) is 11.1. The Hall–Kier alpha value is -3.23. The van der Waals surface area contributed by atoms with E-state index in [0.717, 1.165) is 36.2 Å². The van der Waals surface area contributed by atoms with Gasteiger partial charge in [0.1, 0.15) is 5.56 Å². The van der Waals surface area contributed by atoms with Gasteiger partial charge in [-0.3, -0.25) is 9.78 Å². The zero-order chi connectivity index (χ0) is 23.2. The highest BCUT2D eigenvalue weighted by molar-refractivity contribution is 6.09. The molecule has 1 aromatic carbocycles. The summed E-state index contributed by atoms with van der Waals surface area (Å²) in [7, 11) is 0. The number of benzene rings is 1. The highest BCUT2D eigenvalue weighted by atomic mass is 19.4. The van der Waals surface area contributed by atoms with E-state index in [1.165, 1.54) is 6.20 Å². The van der Waals surface area contributed by atoms with Gasteiger partial charge >= 0.3 is 6.18 Å². The van der Waals surface area contributed by atoms with Crippen molar-refractivity contribution in [3.8, 4) is 5.88 Å². The smallest absolute Gasteiger partial charge is 0.434 e. The van der Waals surface area contributed by atoms with Crippen LogP contribution in [0.1, 0.15) is 47.9 Å². The van der Waals surface area contributed by atoms with Gasteiger partial charge in [0.2, 0.25) is 5.88 Å². The van der Waals surface area contributed by atoms with Crippen molar-refractivity contribution >= 4 is 16.7 Å². The minimum absolute atomic E-state index is 0.0000348. The van der Waals surface area contributed by atoms with E-state index in [1.54, 1.807) is 6.20 Å². The number of carbonyl (C=O) groups is 1. The van der Waals surface area contributed by atoms with Crippen molar-refractivity contribution in [1.82, 2.24) is 19.9 Å². The number of hydrogen-bond acceptors (Lipinski definition) is 5. The monoisotopic (exact) mass is 456 g/mol. The predicted octanol–water partition coefficient (Wildman–Crippen LogP) is 4.68. The summed E-state index contributed by atoms with van der Waals surface area (Å²) in [6.45, 7) is 2.25. The van der Waals surface area contributed by atoms with Gasteiger partial charge in [-0.25, -0.2) is 9.97 Å². The number of nitrogens with zero attached hydrogens (tertiary/aromatic N) is 4. The van der Waals surface area contributed by atoms with Crippen molar-refractivity contribution in [3.63, 3.8) is 0 Å². The summed E-state index contributed by atoms with van der Waals surface area (Å²) < 4.78 is 44.1. The van der Waals surface area contributed by atoms with Gasteiger partial charge in [0.15, 0.2) is 5.69 Å². The lowest BCUT2D eigenvalue weighted by atomic mass is 9.86. The molecule has 2 aromatic heterocycles. The van der Waals surface area contributed by atoms with Crippen molar-refractivity contribution in [2.45, 2.75) is 50.9 Å². The fourth-order valence-electron chi connectivity index (χ4n) is 5.25. The third-order valence-electron chi connectivity index (χ3n) is 6.63. The van der Waals surface area contributed by atoms with E-state index in [4.69, 9.17) is 4.74 Å². The second kappa shape index (κ2) is 8.28. The molecular weight excluding hydrogens is 433 g/mol. The van der Waals surface area contributed by atoms with E-state index < -0.39 is 11.9 Å². The molecule has 3 unspecified atom stereocenters. The third-order valence-corrected chi connectivity index (χ3v) is 6.63. The second-order valence-corrected chi connectivity index (χ2v) is 8.56. The van der Waals surface area contributed by atoms with Gasteiger partial charge in [-0.15, -0.1) is 0 Å². The molecule has 1 amide bonds. The van der Waals surface area contributed by atoms with Crippen LogP contribution in [-0.4, -0.2) is 44.4 Å². The lowest BCUT2D eigenvalue weighted by Crippen LogP contribution is -2.37. The van der Waals surface area contributed by atoms with Crippen LogP contribution in [0.3, 0.4) is 0 Å². The number of carbonyl (C=O) groups excluding carboxylic acids is 1. The number of pyridine rings is 1. The lowest BCUT2D eigenvalue weighted by molar-refractivity contribution is -0.141. The fourth-order valence-corrected chi connectivity index (χ4v) is 5.25. The molecule has 4 heterocycles. The largest absolute Gasteiger partial charge is 0.477 e. The van der Waals surface area contributed by atoms with Crippen molar-refractivity contribution in [1.29, 1.82) is 0 Å². The number of halogens is 3. The first-order valence-corrected chi connectivity index (χ1v) is 11.1. The van der Waals surface area contributed by atoms with Crippen LogP contribution in [0.15, 0.2) is 42.9 Å². The number of aromatic nitrogens is 3. The number of fused-ring (bicyclic) bond motifs is 3. The molecular formula is C24H23F3N4O2. The van der Waals surface area contributed by atoms with Gasteiger partial charge in [-0.05, 0) is 38.5 Å². The Kier molecular flexibility index (Phi) is 5.42. The zero-order valence-corrected chi connectivity index (χ0v) is 18.0. The highest BCUT2D eigenvalue weighted by Gasteiger charge is 2.49. The molecule has 0 saturated carbocycles. The standard InChI is InChI=1S/C24H23F3N4O2/c1-2-33-22-21(18-6-4-3-5-14(18)11-30-22)23(32)31-17-7-8-19(31)15(10-17)9-16-12-29-20(13-28-16)24(25,26)27/h3-6,11-13,15,17,19H,2,7-10H2,1H3. The summed E-state index contributed by atoms with van der Waals surface area (Å²) in [5, 5.41) is 1.67. The predicted molar refractivity (Wildman–Crippen MR) is 115 cm³/mol. The molecule has 3 atom stereocenters. The zero-order valence-electron chi connectivity index (χ0n) is 18.0. The number of hydrogen-bond donors (Lipinski definition) is 0. The molecule has 2 fully saturated rings. The summed E-state index contributed by atoms with van der Waals surface area (Å²) in [6.07, 6.45) is 2.23. The molecule has 0 radical (unpaired) electrons. The van der Waals surface area contributed by atoms with E-state index in [2.05, 4.69) is 15.0 Å². The average Bonchev–Trinajstić information content (AvgIpc) is 3.36. The Labute approximate surface area is 188 Å². The average molecular weight is 456 g/mol. The van der Waals surface area contributed by atoms with E-state index in [-0.39, 0.29) is 23.9 Å². The van der Waals surface area contributed by atoms with E-state index >= 15 is 0 Å². The molecule has 2 aliphatic heterocycles. The molecule has 5 rings (SSSR count). The van der Waals surface area contributed by atoms with E-state index in [9.17, 15) is 18.0 Å². The fraction of sp³-hybridized carbons (Fsp3) is 0.417. The lowest BCUT2D eigenvalue weighted by Gasteiger charge is -2.25. The Morgan fingerprint density at radius 1 is 1.12 bits per heavy atom. The SMILES string of the molecule is CCOc1ncc2ccccc2c1C(=O)N1C2CCC1C(Cc1cnc(C(F)(F)F)cn1)C2. The molecule has 2 bridgehead atoms. The Morgan fingerprint density at radius 2 is 1.94 bits per heavy atom. The third kappa shape index (κ3) is 3.89. The van der Waals surface area contributed by atoms with Gasteiger partial charge < -0.3 is 9.64 Å². The number of ether oxygens (including phenoxy) is 1. The van der Waals surface area contributed by atoms with E-state index in [0.29, 0.717) is 30.2 Å². The first-order chi connectivity index (χ1) is 15.9. The quantitative estimate of drug-likeness (QED) is 0.558. The Morgan fingerprint density at radius 3 is 2.67 bits per heavy atom. The van der Waals surface area contributed by atoms with Crippen LogP contribution in [-0.2, 0) is 12.6 Å². The molecule has 33 heavy (non-hydrogen) atoms. The van der Waals surface area contributed by atoms with Crippen molar-refractivity contribution < 1.29 is 22.7 Å². The van der Waals surface area contributed by atoms with Gasteiger partial charge in [0, 0.05) is 35.2 Å². The molecule has 2 saturated heterocycles. The van der Waals surface area contributed by atoms with E-state index in [1.807, 2.05) is 36.1 Å². The number of amides is 1. The normalized spacial score (nSPS) is 22.2. The number of alkyl halides is 3. The van der Waals surface area contributed by atoms with Crippen LogP contribution in [0.4, 0.5) is 13.2 Å². The summed E-state index contributed by atoms with van der Waals surface area (Å²) in [4.78, 5) is 27.7. The molecule has 0 aliphatic carbocycles. The minimum Gasteiger partial charge on any atom is -0.477 e. The topological polar surface area (TPSA) is 68.2 Å². The molecule has 0 spiro atoms. The van der Waals surface area contributed by atoms with Crippen LogP contribution in [0, 0.1) is 5.92 Å². The van der Waals surface area contributed by atoms with Gasteiger partial charge in [-0.1, -0.05) is 24.3 Å². The first kappa shape index (κ1) is 21.6. The van der Waals surface area contributed by atoms with Crippen molar-refractivity contribution in [2.75, 3.05) is 6.61 Å². The molecule has 3 aromatic rings. The Balaban J connectivity index is 1.41. The summed E-state index contributed by atoms with van der Waals surface area (Å²) in [5.41, 5.74) is -0.0143. The van der Waals surface area contributed by atoms with Gasteiger partial charge in [-0.2, -0.15) is 13.2 Å². The van der Waals surface area contributed by atoms with Crippen LogP contribution >= 0.6 is 0 Å². The maximum atomic E-state index is 13.8. The van der Waals surface area contributed by atoms with Crippen LogP contribution in [0.2, 0.25) is 0 Å². The second-order valence-electron chi connectivity index (χ2n) is 8.56. The number of rotatable bonds is 5.